The van der Waals surface area contributed by atoms with Crippen LogP contribution in [0, 0.1) is 6.92 Å². The zero-order valence-corrected chi connectivity index (χ0v) is 12.2. The zero-order valence-electron chi connectivity index (χ0n) is 11.4. The lowest BCUT2D eigenvalue weighted by molar-refractivity contribution is 0.174. The molecule has 4 heteroatoms. The second kappa shape index (κ2) is 6.64. The number of benzene rings is 2. The lowest BCUT2D eigenvalue weighted by Gasteiger charge is -2.08. The number of hydrogen-bond donors (Lipinski definition) is 1. The molecular weight excluding hydrogens is 274 g/mol. The van der Waals surface area contributed by atoms with Crippen molar-refractivity contribution in [2.24, 2.45) is 0 Å². The Morgan fingerprint density at radius 1 is 1.00 bits per heavy atom. The average molecular weight is 292 g/mol. The topological polar surface area (TPSA) is 30.5 Å². The van der Waals surface area contributed by atoms with Crippen molar-refractivity contribution in [3.05, 3.63) is 59.2 Å². The summed E-state index contributed by atoms with van der Waals surface area (Å²) in [4.78, 5) is 0. The van der Waals surface area contributed by atoms with Gasteiger partial charge in [-0.05, 0) is 35.7 Å². The van der Waals surface area contributed by atoms with Crippen molar-refractivity contribution in [2.45, 2.75) is 20.0 Å². The number of nitrogens with one attached hydrogen (secondary N) is 1. The van der Waals surface area contributed by atoms with E-state index in [4.69, 9.17) is 9.47 Å². The van der Waals surface area contributed by atoms with Crippen molar-refractivity contribution in [1.82, 2.24) is 5.32 Å². The van der Waals surface area contributed by atoms with E-state index in [-0.39, 0.29) is 12.4 Å². The van der Waals surface area contributed by atoms with Crippen LogP contribution >= 0.6 is 12.4 Å². The number of fused-ring (bicyclic) bond motifs is 1. The first-order chi connectivity index (χ1) is 9.33. The highest BCUT2D eigenvalue weighted by Crippen LogP contribution is 2.32. The van der Waals surface area contributed by atoms with Gasteiger partial charge in [-0.2, -0.15) is 0 Å². The molecule has 0 spiro atoms. The summed E-state index contributed by atoms with van der Waals surface area (Å²) in [6.07, 6.45) is 0. The fourth-order valence-corrected chi connectivity index (χ4v) is 2.20. The van der Waals surface area contributed by atoms with Crippen molar-refractivity contribution in [3.8, 4) is 11.5 Å². The fourth-order valence-electron chi connectivity index (χ4n) is 2.20. The summed E-state index contributed by atoms with van der Waals surface area (Å²) in [5.74, 6) is 1.68. The second-order valence-corrected chi connectivity index (χ2v) is 4.72. The van der Waals surface area contributed by atoms with Crippen LogP contribution in [-0.4, -0.2) is 6.79 Å². The zero-order chi connectivity index (χ0) is 13.1. The predicted molar refractivity (Wildman–Crippen MR) is 81.5 cm³/mol. The molecule has 0 aromatic heterocycles. The first-order valence-electron chi connectivity index (χ1n) is 6.47. The molecule has 1 aliphatic heterocycles. The third kappa shape index (κ3) is 3.24. The molecule has 0 atom stereocenters. The smallest absolute Gasteiger partial charge is 0.231 e. The standard InChI is InChI=1S/C16H17NO2.ClH/c1-12-4-2-3-5-14(12)10-17-9-13-6-7-15-16(8-13)19-11-18-15;/h2-8,17H,9-11H2,1H3;1H. The molecule has 3 rings (SSSR count). The number of rotatable bonds is 4. The monoisotopic (exact) mass is 291 g/mol. The molecule has 106 valence electrons. The Morgan fingerprint density at radius 2 is 1.80 bits per heavy atom. The SMILES string of the molecule is Cc1ccccc1CNCc1ccc2c(c1)OCO2.Cl. The van der Waals surface area contributed by atoms with Gasteiger partial charge in [0.1, 0.15) is 0 Å². The van der Waals surface area contributed by atoms with Crippen LogP contribution in [0.5, 0.6) is 11.5 Å². The Kier molecular flexibility index (Phi) is 4.88. The fraction of sp³-hybridized carbons (Fsp3) is 0.250. The first-order valence-corrected chi connectivity index (χ1v) is 6.47. The van der Waals surface area contributed by atoms with Gasteiger partial charge in [0.15, 0.2) is 11.5 Å². The lowest BCUT2D eigenvalue weighted by atomic mass is 10.1. The van der Waals surface area contributed by atoms with Crippen LogP contribution in [0.4, 0.5) is 0 Å². The van der Waals surface area contributed by atoms with Gasteiger partial charge < -0.3 is 14.8 Å². The second-order valence-electron chi connectivity index (χ2n) is 4.72. The Hall–Kier alpha value is -1.71. The molecule has 1 aliphatic rings. The third-order valence-electron chi connectivity index (χ3n) is 3.34. The molecule has 0 bridgehead atoms. The number of halogens is 1. The Morgan fingerprint density at radius 3 is 2.65 bits per heavy atom. The first kappa shape index (κ1) is 14.7. The van der Waals surface area contributed by atoms with E-state index in [0.29, 0.717) is 6.79 Å². The molecule has 0 radical (unpaired) electrons. The molecule has 2 aromatic carbocycles. The lowest BCUT2D eigenvalue weighted by Crippen LogP contribution is -2.13. The molecule has 1 heterocycles. The summed E-state index contributed by atoms with van der Waals surface area (Å²) < 4.78 is 10.7. The van der Waals surface area contributed by atoms with E-state index in [2.05, 4.69) is 42.6 Å². The van der Waals surface area contributed by atoms with Gasteiger partial charge in [0.05, 0.1) is 0 Å². The van der Waals surface area contributed by atoms with Gasteiger partial charge in [-0.1, -0.05) is 30.3 Å². The highest BCUT2D eigenvalue weighted by Gasteiger charge is 2.12. The minimum Gasteiger partial charge on any atom is -0.454 e. The molecule has 20 heavy (non-hydrogen) atoms. The van der Waals surface area contributed by atoms with Crippen LogP contribution in [0.3, 0.4) is 0 Å². The van der Waals surface area contributed by atoms with Crippen LogP contribution in [0.25, 0.3) is 0 Å². The molecule has 0 aliphatic carbocycles. The number of aryl methyl sites for hydroxylation is 1. The summed E-state index contributed by atoms with van der Waals surface area (Å²) >= 11 is 0. The van der Waals surface area contributed by atoms with E-state index in [1.807, 2.05) is 12.1 Å². The quantitative estimate of drug-likeness (QED) is 0.936. The third-order valence-corrected chi connectivity index (χ3v) is 3.34. The van der Waals surface area contributed by atoms with Gasteiger partial charge in [0.2, 0.25) is 6.79 Å². The Bertz CT molecular complexity index is 586. The van der Waals surface area contributed by atoms with E-state index in [0.717, 1.165) is 24.6 Å². The molecule has 2 aromatic rings. The van der Waals surface area contributed by atoms with Gasteiger partial charge in [-0.3, -0.25) is 0 Å². The molecule has 3 nitrogen and oxygen atoms in total. The van der Waals surface area contributed by atoms with Gasteiger partial charge in [0, 0.05) is 13.1 Å². The maximum Gasteiger partial charge on any atom is 0.231 e. The molecule has 0 unspecified atom stereocenters. The normalized spacial score (nSPS) is 12.1. The van der Waals surface area contributed by atoms with Gasteiger partial charge >= 0.3 is 0 Å². The van der Waals surface area contributed by atoms with Crippen LogP contribution in [-0.2, 0) is 13.1 Å². The van der Waals surface area contributed by atoms with Crippen molar-refractivity contribution >= 4 is 12.4 Å². The van der Waals surface area contributed by atoms with E-state index < -0.39 is 0 Å². The maximum absolute atomic E-state index is 5.37. The average Bonchev–Trinajstić information content (AvgIpc) is 2.88. The van der Waals surface area contributed by atoms with Crippen LogP contribution in [0.15, 0.2) is 42.5 Å². The van der Waals surface area contributed by atoms with Crippen LogP contribution in [0.2, 0.25) is 0 Å². The van der Waals surface area contributed by atoms with Gasteiger partial charge in [0.25, 0.3) is 0 Å². The van der Waals surface area contributed by atoms with E-state index in [1.165, 1.54) is 16.7 Å². The van der Waals surface area contributed by atoms with Crippen molar-refractivity contribution in [2.75, 3.05) is 6.79 Å². The highest BCUT2D eigenvalue weighted by atomic mass is 35.5. The molecular formula is C16H18ClNO2. The van der Waals surface area contributed by atoms with Crippen molar-refractivity contribution in [3.63, 3.8) is 0 Å². The summed E-state index contributed by atoms with van der Waals surface area (Å²) in [5.41, 5.74) is 3.86. The van der Waals surface area contributed by atoms with Crippen LogP contribution in [0.1, 0.15) is 16.7 Å². The van der Waals surface area contributed by atoms with Crippen molar-refractivity contribution in [1.29, 1.82) is 0 Å². The van der Waals surface area contributed by atoms with Crippen LogP contribution < -0.4 is 14.8 Å². The number of hydrogen-bond acceptors (Lipinski definition) is 3. The largest absolute Gasteiger partial charge is 0.454 e. The molecule has 0 saturated carbocycles. The van der Waals surface area contributed by atoms with Gasteiger partial charge in [-0.25, -0.2) is 0 Å². The summed E-state index contributed by atoms with van der Waals surface area (Å²) in [6.45, 7) is 4.17. The maximum atomic E-state index is 5.37. The Labute approximate surface area is 125 Å². The summed E-state index contributed by atoms with van der Waals surface area (Å²) in [6, 6.07) is 14.5. The highest BCUT2D eigenvalue weighted by molar-refractivity contribution is 5.85. The van der Waals surface area contributed by atoms with E-state index in [9.17, 15) is 0 Å². The molecule has 0 amide bonds. The Balaban J connectivity index is 0.00000147. The number of ether oxygens (including phenoxy) is 2. The molecule has 0 fully saturated rings. The van der Waals surface area contributed by atoms with E-state index in [1.54, 1.807) is 0 Å². The minimum atomic E-state index is 0. The molecule has 0 saturated heterocycles. The predicted octanol–water partition coefficient (Wildman–Crippen LogP) is 3.44. The summed E-state index contributed by atoms with van der Waals surface area (Å²) in [7, 11) is 0. The van der Waals surface area contributed by atoms with E-state index >= 15 is 0 Å². The van der Waals surface area contributed by atoms with Crippen molar-refractivity contribution < 1.29 is 9.47 Å². The van der Waals surface area contributed by atoms with Gasteiger partial charge in [-0.15, -0.1) is 12.4 Å². The minimum absolute atomic E-state index is 0. The molecule has 1 N–H and O–H groups in total. The summed E-state index contributed by atoms with van der Waals surface area (Å²) in [5, 5.41) is 3.45.